The minimum absolute atomic E-state index is 0.167. The molecule has 2 rings (SSSR count). The molecule has 1 fully saturated rings. The maximum absolute atomic E-state index is 13.8. The summed E-state index contributed by atoms with van der Waals surface area (Å²) in [6, 6.07) is 2.10. The van der Waals surface area contributed by atoms with Crippen molar-refractivity contribution in [2.24, 2.45) is 0 Å². The third-order valence-electron chi connectivity index (χ3n) is 3.16. The summed E-state index contributed by atoms with van der Waals surface area (Å²) < 4.78 is 39.1. The van der Waals surface area contributed by atoms with Crippen LogP contribution < -0.4 is 5.73 Å². The molecule has 1 saturated heterocycles. The van der Waals surface area contributed by atoms with E-state index in [1.54, 1.807) is 6.92 Å². The summed E-state index contributed by atoms with van der Waals surface area (Å²) in [7, 11) is -4.12. The molecule has 4 N–H and O–H groups in total. The molecule has 106 valence electrons. The number of anilines is 1. The second kappa shape index (κ2) is 4.71. The van der Waals surface area contributed by atoms with Gasteiger partial charge in [-0.3, -0.25) is 0 Å². The highest BCUT2D eigenvalue weighted by Crippen LogP contribution is 2.26. The van der Waals surface area contributed by atoms with Crippen molar-refractivity contribution in [1.82, 2.24) is 4.31 Å². The number of halogens is 1. The highest BCUT2D eigenvalue weighted by molar-refractivity contribution is 7.89. The van der Waals surface area contributed by atoms with Gasteiger partial charge >= 0.3 is 0 Å². The monoisotopic (exact) mass is 290 g/mol. The van der Waals surface area contributed by atoms with Gasteiger partial charge in [-0.05, 0) is 24.6 Å². The summed E-state index contributed by atoms with van der Waals surface area (Å²) in [5.41, 5.74) is 6.20. The molecule has 0 bridgehead atoms. The van der Waals surface area contributed by atoms with E-state index in [-0.39, 0.29) is 18.8 Å². The first-order valence-corrected chi connectivity index (χ1v) is 7.09. The molecule has 2 unspecified atom stereocenters. The zero-order valence-electron chi connectivity index (χ0n) is 10.2. The van der Waals surface area contributed by atoms with Gasteiger partial charge in [-0.15, -0.1) is 0 Å². The Morgan fingerprint density at radius 3 is 2.37 bits per heavy atom. The molecule has 0 spiro atoms. The Morgan fingerprint density at radius 2 is 1.84 bits per heavy atom. The van der Waals surface area contributed by atoms with E-state index < -0.39 is 32.9 Å². The average Bonchev–Trinajstić information content (AvgIpc) is 2.65. The van der Waals surface area contributed by atoms with E-state index in [4.69, 9.17) is 5.73 Å². The maximum Gasteiger partial charge on any atom is 0.246 e. The Bertz CT molecular complexity index is 595. The number of benzene rings is 1. The lowest BCUT2D eigenvalue weighted by atomic mass is 10.2. The summed E-state index contributed by atoms with van der Waals surface area (Å²) in [4.78, 5) is -0.545. The van der Waals surface area contributed by atoms with Gasteiger partial charge in [0.25, 0.3) is 0 Å². The van der Waals surface area contributed by atoms with Crippen LogP contribution in [0.25, 0.3) is 0 Å². The zero-order valence-corrected chi connectivity index (χ0v) is 11.1. The van der Waals surface area contributed by atoms with Crippen molar-refractivity contribution < 1.29 is 23.0 Å². The fourth-order valence-corrected chi connectivity index (χ4v) is 3.49. The van der Waals surface area contributed by atoms with E-state index in [9.17, 15) is 23.0 Å². The third-order valence-corrected chi connectivity index (χ3v) is 5.01. The van der Waals surface area contributed by atoms with Gasteiger partial charge < -0.3 is 15.9 Å². The van der Waals surface area contributed by atoms with E-state index in [0.717, 1.165) is 16.4 Å². The Balaban J connectivity index is 2.43. The number of aliphatic hydroxyl groups is 2. The highest BCUT2D eigenvalue weighted by atomic mass is 32.2. The lowest BCUT2D eigenvalue weighted by Gasteiger charge is -2.17. The number of hydrogen-bond donors (Lipinski definition) is 3. The van der Waals surface area contributed by atoms with Gasteiger partial charge in [-0.1, -0.05) is 0 Å². The van der Waals surface area contributed by atoms with Crippen molar-refractivity contribution in [3.8, 4) is 0 Å². The number of nitrogens with zero attached hydrogens (tertiary/aromatic N) is 1. The molecule has 2 atom stereocenters. The van der Waals surface area contributed by atoms with Gasteiger partial charge in [-0.2, -0.15) is 4.31 Å². The van der Waals surface area contributed by atoms with E-state index in [2.05, 4.69) is 0 Å². The van der Waals surface area contributed by atoms with Crippen LogP contribution in [0.2, 0.25) is 0 Å². The fraction of sp³-hybridized carbons (Fsp3) is 0.455. The van der Waals surface area contributed by atoms with Gasteiger partial charge in [0.2, 0.25) is 10.0 Å². The predicted octanol–water partition coefficient (Wildman–Crippen LogP) is -0.558. The number of aryl methyl sites for hydroxylation is 1. The van der Waals surface area contributed by atoms with Crippen LogP contribution in [-0.2, 0) is 10.0 Å². The smallest absolute Gasteiger partial charge is 0.246 e. The Morgan fingerprint density at radius 1 is 1.32 bits per heavy atom. The topological polar surface area (TPSA) is 104 Å². The lowest BCUT2D eigenvalue weighted by molar-refractivity contribution is 0.0572. The molecule has 1 aliphatic rings. The first-order chi connectivity index (χ1) is 8.73. The molecule has 0 aromatic heterocycles. The molecular formula is C11H15FN2O4S. The van der Waals surface area contributed by atoms with Crippen LogP contribution in [0.3, 0.4) is 0 Å². The number of sulfonamides is 1. The van der Waals surface area contributed by atoms with Crippen molar-refractivity contribution in [3.63, 3.8) is 0 Å². The summed E-state index contributed by atoms with van der Waals surface area (Å²) in [5, 5.41) is 18.7. The second-order valence-electron chi connectivity index (χ2n) is 4.60. The molecule has 19 heavy (non-hydrogen) atoms. The lowest BCUT2D eigenvalue weighted by Crippen LogP contribution is -2.30. The molecule has 1 aliphatic heterocycles. The molecule has 1 aromatic carbocycles. The van der Waals surface area contributed by atoms with Crippen LogP contribution in [0.15, 0.2) is 17.0 Å². The fourth-order valence-electron chi connectivity index (χ4n) is 1.94. The normalized spacial score (nSPS) is 24.8. The molecule has 0 radical (unpaired) electrons. The van der Waals surface area contributed by atoms with Crippen LogP contribution in [0.5, 0.6) is 0 Å². The molecule has 0 aliphatic carbocycles. The Hall–Kier alpha value is -1.22. The average molecular weight is 290 g/mol. The molecule has 0 amide bonds. The molecule has 1 aromatic rings. The number of β-amino-alcohol motifs (C(OH)–C–C–N with tert-alkyl or cyclic N) is 2. The first-order valence-electron chi connectivity index (χ1n) is 5.65. The SMILES string of the molecule is Cc1cc(F)c(S(=O)(=O)N2CC(O)C(O)C2)cc1N. The van der Waals surface area contributed by atoms with Gasteiger partial charge in [-0.25, -0.2) is 12.8 Å². The number of hydrogen-bond acceptors (Lipinski definition) is 5. The Kier molecular flexibility index (Phi) is 3.52. The van der Waals surface area contributed by atoms with Gasteiger partial charge in [0.1, 0.15) is 10.7 Å². The summed E-state index contributed by atoms with van der Waals surface area (Å²) in [6.07, 6.45) is -2.33. The third kappa shape index (κ3) is 2.44. The van der Waals surface area contributed by atoms with Crippen LogP contribution in [-0.4, -0.2) is 48.2 Å². The van der Waals surface area contributed by atoms with Crippen molar-refractivity contribution in [1.29, 1.82) is 0 Å². The highest BCUT2D eigenvalue weighted by Gasteiger charge is 2.38. The van der Waals surface area contributed by atoms with E-state index in [0.29, 0.717) is 5.56 Å². The number of rotatable bonds is 2. The quantitative estimate of drug-likeness (QED) is 0.634. The van der Waals surface area contributed by atoms with Crippen LogP contribution >= 0.6 is 0 Å². The summed E-state index contributed by atoms with van der Waals surface area (Å²) >= 11 is 0. The van der Waals surface area contributed by atoms with Crippen LogP contribution in [0.4, 0.5) is 10.1 Å². The molecule has 1 heterocycles. The largest absolute Gasteiger partial charge is 0.398 e. The van der Waals surface area contributed by atoms with Crippen LogP contribution in [0, 0.1) is 12.7 Å². The zero-order chi connectivity index (χ0) is 14.4. The Labute approximate surface area is 110 Å². The number of nitrogens with two attached hydrogens (primary N) is 1. The number of nitrogen functional groups attached to an aromatic ring is 1. The minimum Gasteiger partial charge on any atom is -0.398 e. The molecule has 8 heteroatoms. The van der Waals surface area contributed by atoms with Crippen molar-refractivity contribution in [2.75, 3.05) is 18.8 Å². The van der Waals surface area contributed by atoms with E-state index in [1.807, 2.05) is 0 Å². The molecular weight excluding hydrogens is 275 g/mol. The van der Waals surface area contributed by atoms with Crippen molar-refractivity contribution in [3.05, 3.63) is 23.5 Å². The van der Waals surface area contributed by atoms with Gasteiger partial charge in [0.05, 0.1) is 12.2 Å². The predicted molar refractivity (Wildman–Crippen MR) is 66.3 cm³/mol. The molecule has 0 saturated carbocycles. The molecule has 6 nitrogen and oxygen atoms in total. The standard InChI is InChI=1S/C11H15FN2O4S/c1-6-2-7(12)11(3-8(6)13)19(17,18)14-4-9(15)10(16)5-14/h2-3,9-10,15-16H,4-5,13H2,1H3. The maximum atomic E-state index is 13.8. The van der Waals surface area contributed by atoms with Crippen molar-refractivity contribution >= 4 is 15.7 Å². The number of aliphatic hydroxyl groups excluding tert-OH is 2. The van der Waals surface area contributed by atoms with Crippen LogP contribution in [0.1, 0.15) is 5.56 Å². The second-order valence-corrected chi connectivity index (χ2v) is 6.50. The first kappa shape index (κ1) is 14.2. The van der Waals surface area contributed by atoms with E-state index in [1.165, 1.54) is 0 Å². The van der Waals surface area contributed by atoms with Gasteiger partial charge in [0, 0.05) is 18.8 Å². The van der Waals surface area contributed by atoms with E-state index >= 15 is 0 Å². The van der Waals surface area contributed by atoms with Crippen molar-refractivity contribution in [2.45, 2.75) is 24.0 Å². The van der Waals surface area contributed by atoms with Gasteiger partial charge in [0.15, 0.2) is 0 Å². The summed E-state index contributed by atoms with van der Waals surface area (Å²) in [6.45, 7) is 1.03. The summed E-state index contributed by atoms with van der Waals surface area (Å²) in [5.74, 6) is -0.900. The minimum atomic E-state index is -4.12.